The summed E-state index contributed by atoms with van der Waals surface area (Å²) < 4.78 is 35.0. The molecular weight excluding hydrogens is 384 g/mol. The van der Waals surface area contributed by atoms with Gasteiger partial charge in [0.25, 0.3) is 0 Å². The first-order valence-corrected chi connectivity index (χ1v) is 10.0. The number of nitrogens with zero attached hydrogens (tertiary/aromatic N) is 1. The lowest BCUT2D eigenvalue weighted by molar-refractivity contribution is -0.148. The molecule has 0 unspecified atom stereocenters. The Bertz CT molecular complexity index is 992. The van der Waals surface area contributed by atoms with E-state index in [1.807, 2.05) is 6.07 Å². The average Bonchev–Trinajstić information content (AvgIpc) is 2.65. The van der Waals surface area contributed by atoms with Crippen LogP contribution in [0.2, 0.25) is 0 Å². The molecule has 0 bridgehead atoms. The van der Waals surface area contributed by atoms with Crippen LogP contribution in [-0.4, -0.2) is 39.1 Å². The standard InChI is InChI=1S/C19H18N2O6S/c1-13(19(23)15-5-7-16(8-6-15)21-28(2,24)25)27-18(22)12-26-17-9-3-14(11-20)4-10-17/h3-10,13,21H,12H2,1-2H3/t13-/m0/s1. The van der Waals surface area contributed by atoms with E-state index >= 15 is 0 Å². The average molecular weight is 402 g/mol. The number of benzene rings is 2. The number of hydrogen-bond acceptors (Lipinski definition) is 7. The summed E-state index contributed by atoms with van der Waals surface area (Å²) in [6.07, 6.45) is -0.0149. The highest BCUT2D eigenvalue weighted by Gasteiger charge is 2.20. The molecule has 2 aromatic carbocycles. The van der Waals surface area contributed by atoms with Crippen LogP contribution in [0.3, 0.4) is 0 Å². The largest absolute Gasteiger partial charge is 0.482 e. The lowest BCUT2D eigenvalue weighted by Crippen LogP contribution is -2.27. The maximum Gasteiger partial charge on any atom is 0.344 e. The fraction of sp³-hybridized carbons (Fsp3) is 0.211. The first-order valence-electron chi connectivity index (χ1n) is 8.12. The van der Waals surface area contributed by atoms with E-state index in [4.69, 9.17) is 14.7 Å². The molecule has 0 amide bonds. The van der Waals surface area contributed by atoms with Crippen LogP contribution in [0.4, 0.5) is 5.69 Å². The predicted octanol–water partition coefficient (Wildman–Crippen LogP) is 2.12. The van der Waals surface area contributed by atoms with Gasteiger partial charge in [0.05, 0.1) is 17.9 Å². The van der Waals surface area contributed by atoms with Gasteiger partial charge in [-0.15, -0.1) is 0 Å². The maximum absolute atomic E-state index is 12.3. The van der Waals surface area contributed by atoms with Crippen molar-refractivity contribution < 1.29 is 27.5 Å². The summed E-state index contributed by atoms with van der Waals surface area (Å²) >= 11 is 0. The number of ketones is 1. The zero-order chi connectivity index (χ0) is 20.7. The molecule has 1 N–H and O–H groups in total. The van der Waals surface area contributed by atoms with Gasteiger partial charge in [0.15, 0.2) is 12.7 Å². The van der Waals surface area contributed by atoms with E-state index in [1.54, 1.807) is 24.3 Å². The minimum Gasteiger partial charge on any atom is -0.482 e. The van der Waals surface area contributed by atoms with Crippen molar-refractivity contribution in [3.63, 3.8) is 0 Å². The fourth-order valence-electron chi connectivity index (χ4n) is 2.20. The predicted molar refractivity (Wildman–Crippen MR) is 101 cm³/mol. The van der Waals surface area contributed by atoms with E-state index < -0.39 is 27.9 Å². The number of anilines is 1. The Morgan fingerprint density at radius 3 is 2.25 bits per heavy atom. The SMILES string of the molecule is C[C@H](OC(=O)COc1ccc(C#N)cc1)C(=O)c1ccc(NS(C)(=O)=O)cc1. The van der Waals surface area contributed by atoms with Crippen molar-refractivity contribution in [1.82, 2.24) is 0 Å². The fourth-order valence-corrected chi connectivity index (χ4v) is 2.77. The van der Waals surface area contributed by atoms with Gasteiger partial charge in [0.1, 0.15) is 5.75 Å². The Labute approximate surface area is 162 Å². The zero-order valence-corrected chi connectivity index (χ0v) is 16.0. The van der Waals surface area contributed by atoms with Crippen LogP contribution in [0.1, 0.15) is 22.8 Å². The van der Waals surface area contributed by atoms with E-state index in [-0.39, 0.29) is 12.2 Å². The third-order valence-electron chi connectivity index (χ3n) is 3.49. The molecule has 146 valence electrons. The number of hydrogen-bond donors (Lipinski definition) is 1. The van der Waals surface area contributed by atoms with Gasteiger partial charge in [0.2, 0.25) is 15.8 Å². The van der Waals surface area contributed by atoms with Crippen molar-refractivity contribution in [2.45, 2.75) is 13.0 Å². The van der Waals surface area contributed by atoms with Gasteiger partial charge < -0.3 is 9.47 Å². The highest BCUT2D eigenvalue weighted by molar-refractivity contribution is 7.92. The smallest absolute Gasteiger partial charge is 0.344 e. The third kappa shape index (κ3) is 6.41. The van der Waals surface area contributed by atoms with Crippen LogP contribution in [0.5, 0.6) is 5.75 Å². The molecule has 0 heterocycles. The molecule has 0 fully saturated rings. The highest BCUT2D eigenvalue weighted by Crippen LogP contribution is 2.14. The van der Waals surface area contributed by atoms with Crippen LogP contribution in [-0.2, 0) is 19.6 Å². The highest BCUT2D eigenvalue weighted by atomic mass is 32.2. The number of sulfonamides is 1. The number of nitriles is 1. The van der Waals surface area contributed by atoms with Crippen LogP contribution in [0, 0.1) is 11.3 Å². The maximum atomic E-state index is 12.3. The normalized spacial score (nSPS) is 11.8. The summed E-state index contributed by atoms with van der Waals surface area (Å²) in [6, 6.07) is 13.9. The summed E-state index contributed by atoms with van der Waals surface area (Å²) in [5.41, 5.74) is 1.05. The van der Waals surface area contributed by atoms with Gasteiger partial charge in [-0.1, -0.05) is 0 Å². The lowest BCUT2D eigenvalue weighted by Gasteiger charge is -2.13. The summed E-state index contributed by atoms with van der Waals surface area (Å²) in [4.78, 5) is 24.2. The number of ether oxygens (including phenoxy) is 2. The van der Waals surface area contributed by atoms with Gasteiger partial charge in [-0.2, -0.15) is 5.26 Å². The molecule has 0 aliphatic carbocycles. The van der Waals surface area contributed by atoms with Gasteiger partial charge in [-0.3, -0.25) is 9.52 Å². The van der Waals surface area contributed by atoms with Crippen molar-refractivity contribution in [2.24, 2.45) is 0 Å². The Balaban J connectivity index is 1.88. The van der Waals surface area contributed by atoms with Crippen LogP contribution < -0.4 is 9.46 Å². The molecule has 1 atom stereocenters. The van der Waals surface area contributed by atoms with Crippen molar-refractivity contribution in [2.75, 3.05) is 17.6 Å². The number of Topliss-reactive ketones (excluding diaryl/α,β-unsaturated/α-hetero) is 1. The van der Waals surface area contributed by atoms with Gasteiger partial charge in [-0.05, 0) is 55.5 Å². The van der Waals surface area contributed by atoms with Crippen molar-refractivity contribution >= 4 is 27.5 Å². The molecule has 8 nitrogen and oxygen atoms in total. The van der Waals surface area contributed by atoms with Crippen LogP contribution in [0.15, 0.2) is 48.5 Å². The molecule has 0 aromatic heterocycles. The lowest BCUT2D eigenvalue weighted by atomic mass is 10.1. The molecule has 2 aromatic rings. The number of nitrogens with one attached hydrogen (secondary N) is 1. The first kappa shape index (κ1) is 20.9. The zero-order valence-electron chi connectivity index (χ0n) is 15.2. The molecular formula is C19H18N2O6S. The molecule has 9 heteroatoms. The van der Waals surface area contributed by atoms with Crippen molar-refractivity contribution in [1.29, 1.82) is 5.26 Å². The minimum absolute atomic E-state index is 0.271. The third-order valence-corrected chi connectivity index (χ3v) is 4.10. The number of carbonyl (C=O) groups excluding carboxylic acids is 2. The summed E-state index contributed by atoms with van der Waals surface area (Å²) in [5.74, 6) is -0.762. The Hall–Kier alpha value is -3.38. The second-order valence-corrected chi connectivity index (χ2v) is 7.62. The summed E-state index contributed by atoms with van der Waals surface area (Å²) in [5, 5.41) is 8.73. The van der Waals surface area contributed by atoms with Crippen molar-refractivity contribution in [3.05, 3.63) is 59.7 Å². The van der Waals surface area contributed by atoms with Gasteiger partial charge in [-0.25, -0.2) is 13.2 Å². The van der Waals surface area contributed by atoms with Gasteiger partial charge >= 0.3 is 5.97 Å². The van der Waals surface area contributed by atoms with Gasteiger partial charge in [0, 0.05) is 11.3 Å². The van der Waals surface area contributed by atoms with E-state index in [9.17, 15) is 18.0 Å². The monoisotopic (exact) mass is 402 g/mol. The molecule has 2 rings (SSSR count). The topological polar surface area (TPSA) is 123 Å². The number of carbonyl (C=O) groups is 2. The first-order chi connectivity index (χ1) is 13.2. The Morgan fingerprint density at radius 2 is 1.71 bits per heavy atom. The molecule has 0 saturated carbocycles. The Morgan fingerprint density at radius 1 is 1.11 bits per heavy atom. The summed E-state index contributed by atoms with van der Waals surface area (Å²) in [7, 11) is -3.41. The molecule has 0 aliphatic heterocycles. The molecule has 0 aliphatic rings. The van der Waals surface area contributed by atoms with E-state index in [2.05, 4.69) is 4.72 Å². The number of esters is 1. The summed E-state index contributed by atoms with van der Waals surface area (Å²) in [6.45, 7) is 1.05. The van der Waals surface area contributed by atoms with E-state index in [0.29, 0.717) is 17.0 Å². The Kier molecular flexibility index (Phi) is 6.74. The van der Waals surface area contributed by atoms with E-state index in [0.717, 1.165) is 6.26 Å². The molecule has 0 radical (unpaired) electrons. The molecule has 0 saturated heterocycles. The van der Waals surface area contributed by atoms with E-state index in [1.165, 1.54) is 31.2 Å². The quantitative estimate of drug-likeness (QED) is 0.530. The molecule has 28 heavy (non-hydrogen) atoms. The van der Waals surface area contributed by atoms with Crippen molar-refractivity contribution in [3.8, 4) is 11.8 Å². The minimum atomic E-state index is -3.41. The van der Waals surface area contributed by atoms with Crippen LogP contribution >= 0.6 is 0 Å². The molecule has 0 spiro atoms. The second kappa shape index (κ2) is 9.01. The second-order valence-electron chi connectivity index (χ2n) is 5.87. The number of rotatable bonds is 8. The van der Waals surface area contributed by atoms with Crippen LogP contribution in [0.25, 0.3) is 0 Å².